The number of pyridine rings is 1. The first-order valence-corrected chi connectivity index (χ1v) is 12.6. The van der Waals surface area contributed by atoms with E-state index in [2.05, 4.69) is 21.6 Å². The molecular weight excluding hydrogens is 536 g/mol. The van der Waals surface area contributed by atoms with Gasteiger partial charge in [0, 0.05) is 5.56 Å². The lowest BCUT2D eigenvalue weighted by atomic mass is 9.96. The van der Waals surface area contributed by atoms with Crippen molar-refractivity contribution in [2.24, 2.45) is 0 Å². The number of thioether (sulfide) groups is 1. The number of allylic oxidation sites excluding steroid dienone is 1. The number of hydrogen-bond donors (Lipinski definition) is 2. The zero-order valence-electron chi connectivity index (χ0n) is 19.8. The van der Waals surface area contributed by atoms with Crippen molar-refractivity contribution in [3.05, 3.63) is 75.3 Å². The Morgan fingerprint density at radius 1 is 1.22 bits per heavy atom. The summed E-state index contributed by atoms with van der Waals surface area (Å²) in [6, 6.07) is 4.16. The SMILES string of the molecule is C=C(F)S/C(=C\C)S(=O)NC(=O)Nc1ccc(N2C(=O)Cc3ccc(C(F)(F)F)cc3C2=O)nc1.CC. The summed E-state index contributed by atoms with van der Waals surface area (Å²) in [6.07, 6.45) is -2.53. The summed E-state index contributed by atoms with van der Waals surface area (Å²) in [5, 5.41) is 1.51. The first kappa shape index (κ1) is 29.7. The fraction of sp³-hybridized carbons (Fsp3) is 0.217. The molecule has 0 saturated heterocycles. The fourth-order valence-electron chi connectivity index (χ4n) is 3.01. The van der Waals surface area contributed by atoms with E-state index in [0.717, 1.165) is 18.3 Å². The van der Waals surface area contributed by atoms with Crippen molar-refractivity contribution in [1.29, 1.82) is 0 Å². The molecule has 1 aliphatic heterocycles. The molecule has 2 aromatic rings. The van der Waals surface area contributed by atoms with Crippen LogP contribution in [0.15, 0.2) is 58.6 Å². The highest BCUT2D eigenvalue weighted by atomic mass is 32.2. The standard InChI is InChI=1S/C21H16F4N4O4S2.C2H6/c1-3-18(34-11(2)22)35(33)28-20(32)27-14-6-7-16(26-10-14)29-17(30)8-12-4-5-13(21(23,24)25)9-15(12)19(29)31;1-2/h3-7,9-10H,2,8H2,1H3,(H2,27,28,32);1-2H3/b18-3+;. The number of halogens is 4. The minimum atomic E-state index is -4.66. The Labute approximate surface area is 216 Å². The number of anilines is 2. The fourth-order valence-corrected chi connectivity index (χ4v) is 4.58. The van der Waals surface area contributed by atoms with Crippen molar-refractivity contribution in [3.8, 4) is 0 Å². The molecule has 2 N–H and O–H groups in total. The van der Waals surface area contributed by atoms with Gasteiger partial charge in [0.2, 0.25) is 5.91 Å². The van der Waals surface area contributed by atoms with Crippen molar-refractivity contribution in [3.63, 3.8) is 0 Å². The zero-order chi connectivity index (χ0) is 27.9. The monoisotopic (exact) mass is 558 g/mol. The highest BCUT2D eigenvalue weighted by molar-refractivity contribution is 8.18. The van der Waals surface area contributed by atoms with Crippen LogP contribution in [0.3, 0.4) is 0 Å². The largest absolute Gasteiger partial charge is 0.416 e. The highest BCUT2D eigenvalue weighted by Crippen LogP contribution is 2.33. The maximum absolute atomic E-state index is 13.0. The Hall–Kier alpha value is -3.52. The van der Waals surface area contributed by atoms with Gasteiger partial charge in [-0.15, -0.1) is 0 Å². The number of hydrogen-bond acceptors (Lipinski definition) is 6. The molecule has 0 saturated carbocycles. The van der Waals surface area contributed by atoms with E-state index < -0.39 is 45.7 Å². The average molecular weight is 559 g/mol. The third kappa shape index (κ3) is 7.49. The van der Waals surface area contributed by atoms with Crippen molar-refractivity contribution >= 4 is 52.1 Å². The first-order valence-electron chi connectivity index (χ1n) is 10.6. The number of imide groups is 1. The summed E-state index contributed by atoms with van der Waals surface area (Å²) in [5.41, 5.74) is -1.03. The van der Waals surface area contributed by atoms with Gasteiger partial charge in [0.15, 0.2) is 16.1 Å². The van der Waals surface area contributed by atoms with E-state index >= 15 is 0 Å². The first-order chi connectivity index (χ1) is 17.4. The van der Waals surface area contributed by atoms with Gasteiger partial charge in [-0.3, -0.25) is 14.3 Å². The van der Waals surface area contributed by atoms with Gasteiger partial charge in [0.05, 0.1) is 28.1 Å². The molecular formula is C23H22F4N4O4S2. The molecule has 4 amide bonds. The van der Waals surface area contributed by atoms with E-state index in [1.807, 2.05) is 13.8 Å². The van der Waals surface area contributed by atoms with Crippen LogP contribution in [0.5, 0.6) is 0 Å². The molecule has 0 bridgehead atoms. The quantitative estimate of drug-likeness (QED) is 0.349. The van der Waals surface area contributed by atoms with E-state index in [0.29, 0.717) is 22.7 Å². The van der Waals surface area contributed by atoms with E-state index in [-0.39, 0.29) is 33.3 Å². The van der Waals surface area contributed by atoms with Crippen LogP contribution < -0.4 is 14.9 Å². The number of alkyl halides is 3. The van der Waals surface area contributed by atoms with Crippen LogP contribution in [0, 0.1) is 0 Å². The number of rotatable bonds is 6. The molecule has 8 nitrogen and oxygen atoms in total. The molecule has 37 heavy (non-hydrogen) atoms. The second-order valence-electron chi connectivity index (χ2n) is 6.88. The van der Waals surface area contributed by atoms with E-state index in [1.54, 1.807) is 0 Å². The van der Waals surface area contributed by atoms with Gasteiger partial charge in [0.1, 0.15) is 5.82 Å². The summed E-state index contributed by atoms with van der Waals surface area (Å²) in [6.45, 7) is 8.54. The van der Waals surface area contributed by atoms with E-state index in [1.165, 1.54) is 25.1 Å². The minimum absolute atomic E-state index is 0.0113. The maximum atomic E-state index is 13.0. The normalized spacial score (nSPS) is 14.2. The molecule has 198 valence electrons. The van der Waals surface area contributed by atoms with Crippen LogP contribution in [0.1, 0.15) is 42.3 Å². The molecule has 1 aromatic heterocycles. The molecule has 0 aliphatic carbocycles. The predicted molar refractivity (Wildman–Crippen MR) is 134 cm³/mol. The summed E-state index contributed by atoms with van der Waals surface area (Å²) in [7, 11) is -2.07. The van der Waals surface area contributed by atoms with Crippen molar-refractivity contribution in [1.82, 2.24) is 9.71 Å². The van der Waals surface area contributed by atoms with Gasteiger partial charge in [-0.1, -0.05) is 32.6 Å². The average Bonchev–Trinajstić information content (AvgIpc) is 2.83. The second-order valence-corrected chi connectivity index (χ2v) is 9.40. The van der Waals surface area contributed by atoms with E-state index in [4.69, 9.17) is 0 Å². The van der Waals surface area contributed by atoms with Gasteiger partial charge in [-0.2, -0.15) is 17.6 Å². The van der Waals surface area contributed by atoms with Crippen LogP contribution in [0.2, 0.25) is 0 Å². The molecule has 1 aromatic carbocycles. The van der Waals surface area contributed by atoms with Gasteiger partial charge >= 0.3 is 12.2 Å². The molecule has 0 spiro atoms. The number of nitrogens with one attached hydrogen (secondary N) is 2. The Balaban J connectivity index is 0.00000235. The molecule has 0 fully saturated rings. The number of urea groups is 1. The number of aromatic nitrogens is 1. The molecule has 1 unspecified atom stereocenters. The van der Waals surface area contributed by atoms with Crippen molar-refractivity contribution in [2.45, 2.75) is 33.4 Å². The number of carbonyl (C=O) groups excluding carboxylic acids is 3. The van der Waals surface area contributed by atoms with Crippen LogP contribution in [-0.4, -0.2) is 27.0 Å². The molecule has 1 atom stereocenters. The Morgan fingerprint density at radius 3 is 2.43 bits per heavy atom. The second kappa shape index (κ2) is 12.6. The van der Waals surface area contributed by atoms with E-state index in [9.17, 15) is 36.2 Å². The van der Waals surface area contributed by atoms with Gasteiger partial charge in [-0.25, -0.2) is 18.9 Å². The summed E-state index contributed by atoms with van der Waals surface area (Å²) in [5.74, 6) is -1.81. The third-order valence-electron chi connectivity index (χ3n) is 4.51. The van der Waals surface area contributed by atoms with Crippen LogP contribution >= 0.6 is 11.8 Å². The summed E-state index contributed by atoms with van der Waals surface area (Å²) < 4.78 is 66.3. The highest BCUT2D eigenvalue weighted by Gasteiger charge is 2.37. The minimum Gasteiger partial charge on any atom is -0.306 e. The third-order valence-corrected chi connectivity index (χ3v) is 6.85. The molecule has 3 rings (SSSR count). The van der Waals surface area contributed by atoms with Crippen LogP contribution in [-0.2, 0) is 28.4 Å². The van der Waals surface area contributed by atoms with Gasteiger partial charge < -0.3 is 5.32 Å². The molecule has 1 aliphatic rings. The number of amides is 4. The lowest BCUT2D eigenvalue weighted by Gasteiger charge is -2.26. The Morgan fingerprint density at radius 2 is 1.89 bits per heavy atom. The van der Waals surface area contributed by atoms with Gasteiger partial charge in [-0.05, 0) is 48.5 Å². The maximum Gasteiger partial charge on any atom is 0.416 e. The Kier molecular flexibility index (Phi) is 10.1. The lowest BCUT2D eigenvalue weighted by Crippen LogP contribution is -2.43. The van der Waals surface area contributed by atoms with Gasteiger partial charge in [0.25, 0.3) is 5.91 Å². The lowest BCUT2D eigenvalue weighted by molar-refractivity contribution is -0.137. The topological polar surface area (TPSA) is 108 Å². The zero-order valence-corrected chi connectivity index (χ0v) is 21.4. The Bertz CT molecular complexity index is 1260. The van der Waals surface area contributed by atoms with Crippen LogP contribution in [0.4, 0.5) is 33.9 Å². The summed E-state index contributed by atoms with van der Waals surface area (Å²) in [4.78, 5) is 41.9. The van der Waals surface area contributed by atoms with Crippen molar-refractivity contribution < 1.29 is 36.2 Å². The molecule has 14 heteroatoms. The molecule has 0 radical (unpaired) electrons. The number of fused-ring (bicyclic) bond motifs is 1. The van der Waals surface area contributed by atoms with Crippen LogP contribution in [0.25, 0.3) is 0 Å². The predicted octanol–water partition coefficient (Wildman–Crippen LogP) is 5.68. The van der Waals surface area contributed by atoms with Crippen molar-refractivity contribution in [2.75, 3.05) is 10.2 Å². The summed E-state index contributed by atoms with van der Waals surface area (Å²) >= 11 is 0.485. The molecule has 2 heterocycles. The number of carbonyl (C=O) groups is 3. The smallest absolute Gasteiger partial charge is 0.306 e. The number of benzene rings is 1. The number of nitrogens with zero attached hydrogens (tertiary/aromatic N) is 2.